The number of esters is 1. The third-order valence-electron chi connectivity index (χ3n) is 3.28. The second-order valence-electron chi connectivity index (χ2n) is 5.16. The van der Waals surface area contributed by atoms with E-state index >= 15 is 0 Å². The summed E-state index contributed by atoms with van der Waals surface area (Å²) in [5.41, 5.74) is 0.752. The zero-order valence-electron chi connectivity index (χ0n) is 13.0. The Morgan fingerprint density at radius 1 is 1.35 bits per heavy atom. The average Bonchev–Trinajstić information content (AvgIpc) is 2.54. The smallest absolute Gasteiger partial charge is 0.307 e. The second-order valence-corrected chi connectivity index (χ2v) is 6.40. The molecule has 23 heavy (non-hydrogen) atoms. The van der Waals surface area contributed by atoms with E-state index in [-0.39, 0.29) is 24.8 Å². The van der Waals surface area contributed by atoms with E-state index in [9.17, 15) is 14.4 Å². The van der Waals surface area contributed by atoms with Crippen LogP contribution in [0.15, 0.2) is 29.2 Å². The standard InChI is InChI=1S/C16H20N2O4S/c1-2-3-8-17-14(19)10-22-15(20)9-13-16(21)18-11-6-4-5-7-12(11)23-13/h4-7,13H,2-3,8-10H2,1H3,(H,17,19)(H,18,21)/t13-/m1/s1. The van der Waals surface area contributed by atoms with Gasteiger partial charge in [0.05, 0.1) is 17.4 Å². The molecule has 6 nitrogen and oxygen atoms in total. The summed E-state index contributed by atoms with van der Waals surface area (Å²) in [7, 11) is 0. The van der Waals surface area contributed by atoms with E-state index in [0.29, 0.717) is 6.54 Å². The third-order valence-corrected chi connectivity index (χ3v) is 4.55. The summed E-state index contributed by atoms with van der Waals surface area (Å²) >= 11 is 1.33. The fourth-order valence-electron chi connectivity index (χ4n) is 2.04. The first-order valence-corrected chi connectivity index (χ1v) is 8.47. The molecule has 2 amide bonds. The molecule has 2 N–H and O–H groups in total. The fraction of sp³-hybridized carbons (Fsp3) is 0.438. The van der Waals surface area contributed by atoms with Gasteiger partial charge in [0.15, 0.2) is 6.61 Å². The molecule has 0 aromatic heterocycles. The molecule has 1 aromatic rings. The molecule has 1 heterocycles. The number of thioether (sulfide) groups is 1. The van der Waals surface area contributed by atoms with Crippen LogP contribution in [0.4, 0.5) is 5.69 Å². The number of fused-ring (bicyclic) bond motifs is 1. The molecule has 0 spiro atoms. The summed E-state index contributed by atoms with van der Waals surface area (Å²) in [4.78, 5) is 36.2. The molecule has 1 aliphatic heterocycles. The molecular formula is C16H20N2O4S. The maximum atomic E-state index is 12.0. The summed E-state index contributed by atoms with van der Waals surface area (Å²) in [6.45, 7) is 2.29. The molecule has 0 saturated carbocycles. The summed E-state index contributed by atoms with van der Waals surface area (Å²) in [5.74, 6) is -1.10. The SMILES string of the molecule is CCCCNC(=O)COC(=O)C[C@H]1Sc2ccccc2NC1=O. The molecule has 7 heteroatoms. The molecular weight excluding hydrogens is 316 g/mol. The average molecular weight is 336 g/mol. The minimum atomic E-state index is -0.553. The van der Waals surface area contributed by atoms with Gasteiger partial charge in [-0.2, -0.15) is 0 Å². The number of nitrogens with one attached hydrogen (secondary N) is 2. The highest BCUT2D eigenvalue weighted by Gasteiger charge is 2.29. The van der Waals surface area contributed by atoms with Gasteiger partial charge in [0.25, 0.3) is 5.91 Å². The van der Waals surface area contributed by atoms with Crippen molar-refractivity contribution in [2.24, 2.45) is 0 Å². The van der Waals surface area contributed by atoms with Crippen LogP contribution in [-0.2, 0) is 19.1 Å². The van der Waals surface area contributed by atoms with Gasteiger partial charge in [-0.1, -0.05) is 25.5 Å². The molecule has 1 atom stereocenters. The Hall–Kier alpha value is -2.02. The Bertz CT molecular complexity index is 591. The van der Waals surface area contributed by atoms with Crippen LogP contribution in [0, 0.1) is 0 Å². The summed E-state index contributed by atoms with van der Waals surface area (Å²) in [6, 6.07) is 7.42. The number of rotatable bonds is 7. The molecule has 2 rings (SSSR count). The molecule has 124 valence electrons. The first-order valence-electron chi connectivity index (χ1n) is 7.59. The van der Waals surface area contributed by atoms with Crippen molar-refractivity contribution in [2.75, 3.05) is 18.5 Å². The van der Waals surface area contributed by atoms with Crippen LogP contribution in [0.1, 0.15) is 26.2 Å². The van der Waals surface area contributed by atoms with E-state index in [1.807, 2.05) is 31.2 Å². The van der Waals surface area contributed by atoms with Gasteiger partial charge in [0.1, 0.15) is 0 Å². The molecule has 0 radical (unpaired) electrons. The first kappa shape index (κ1) is 17.3. The number of carbonyl (C=O) groups is 3. The maximum absolute atomic E-state index is 12.0. The summed E-state index contributed by atoms with van der Waals surface area (Å²) < 4.78 is 4.93. The molecule has 1 aliphatic rings. The second kappa shape index (κ2) is 8.57. The van der Waals surface area contributed by atoms with Gasteiger partial charge in [0, 0.05) is 11.4 Å². The largest absolute Gasteiger partial charge is 0.456 e. The molecule has 0 fully saturated rings. The number of unbranched alkanes of at least 4 members (excludes halogenated alkanes) is 1. The van der Waals surface area contributed by atoms with E-state index in [1.54, 1.807) is 0 Å². The van der Waals surface area contributed by atoms with E-state index in [0.717, 1.165) is 23.4 Å². The molecule has 1 aromatic carbocycles. The van der Waals surface area contributed by atoms with Crippen LogP contribution in [0.25, 0.3) is 0 Å². The van der Waals surface area contributed by atoms with Gasteiger partial charge in [-0.05, 0) is 18.6 Å². The lowest BCUT2D eigenvalue weighted by molar-refractivity contribution is -0.149. The van der Waals surface area contributed by atoms with Gasteiger partial charge < -0.3 is 15.4 Å². The van der Waals surface area contributed by atoms with Crippen molar-refractivity contribution in [3.8, 4) is 0 Å². The summed E-state index contributed by atoms with van der Waals surface area (Å²) in [5, 5.41) is 4.89. The highest BCUT2D eigenvalue weighted by atomic mass is 32.2. The van der Waals surface area contributed by atoms with Crippen LogP contribution >= 0.6 is 11.8 Å². The number of carbonyl (C=O) groups excluding carboxylic acids is 3. The number of anilines is 1. The fourth-order valence-corrected chi connectivity index (χ4v) is 3.13. The third kappa shape index (κ3) is 5.28. The number of hydrogen-bond acceptors (Lipinski definition) is 5. The van der Waals surface area contributed by atoms with Crippen molar-refractivity contribution in [2.45, 2.75) is 36.3 Å². The van der Waals surface area contributed by atoms with Crippen LogP contribution in [0.3, 0.4) is 0 Å². The van der Waals surface area contributed by atoms with Gasteiger partial charge in [-0.15, -0.1) is 11.8 Å². The van der Waals surface area contributed by atoms with Crippen LogP contribution < -0.4 is 10.6 Å². The van der Waals surface area contributed by atoms with Gasteiger partial charge in [-0.3, -0.25) is 14.4 Å². The topological polar surface area (TPSA) is 84.5 Å². The Morgan fingerprint density at radius 3 is 2.91 bits per heavy atom. The monoisotopic (exact) mass is 336 g/mol. The molecule has 0 saturated heterocycles. The van der Waals surface area contributed by atoms with E-state index < -0.39 is 11.2 Å². The Kier molecular flexibility index (Phi) is 6.46. The Balaban J connectivity index is 1.77. The Labute approximate surface area is 139 Å². The van der Waals surface area contributed by atoms with E-state index in [2.05, 4.69) is 10.6 Å². The van der Waals surface area contributed by atoms with Crippen LogP contribution in [0.2, 0.25) is 0 Å². The van der Waals surface area contributed by atoms with E-state index in [4.69, 9.17) is 4.74 Å². The molecule has 0 aliphatic carbocycles. The number of hydrogen-bond donors (Lipinski definition) is 2. The lowest BCUT2D eigenvalue weighted by Crippen LogP contribution is -2.33. The predicted octanol–water partition coefficient (Wildman–Crippen LogP) is 1.95. The van der Waals surface area contributed by atoms with E-state index in [1.165, 1.54) is 11.8 Å². The van der Waals surface area contributed by atoms with Crippen molar-refractivity contribution in [1.82, 2.24) is 5.32 Å². The minimum Gasteiger partial charge on any atom is -0.456 e. The van der Waals surface area contributed by atoms with Gasteiger partial charge in [-0.25, -0.2) is 0 Å². The minimum absolute atomic E-state index is 0.0624. The highest BCUT2D eigenvalue weighted by molar-refractivity contribution is 8.01. The van der Waals surface area contributed by atoms with Gasteiger partial charge >= 0.3 is 5.97 Å². The van der Waals surface area contributed by atoms with Crippen molar-refractivity contribution in [1.29, 1.82) is 0 Å². The maximum Gasteiger partial charge on any atom is 0.307 e. The predicted molar refractivity (Wildman–Crippen MR) is 88.2 cm³/mol. The van der Waals surface area contributed by atoms with Crippen molar-refractivity contribution >= 4 is 35.2 Å². The lowest BCUT2D eigenvalue weighted by Gasteiger charge is -2.23. The number of amides is 2. The number of ether oxygens (including phenoxy) is 1. The van der Waals surface area contributed by atoms with Crippen LogP contribution in [0.5, 0.6) is 0 Å². The van der Waals surface area contributed by atoms with Crippen molar-refractivity contribution in [3.63, 3.8) is 0 Å². The molecule has 0 bridgehead atoms. The Morgan fingerprint density at radius 2 is 2.13 bits per heavy atom. The normalized spacial score (nSPS) is 16.2. The number of para-hydroxylation sites is 1. The number of benzene rings is 1. The zero-order chi connectivity index (χ0) is 16.7. The zero-order valence-corrected chi connectivity index (χ0v) is 13.8. The first-order chi connectivity index (χ1) is 11.1. The van der Waals surface area contributed by atoms with Crippen molar-refractivity contribution < 1.29 is 19.1 Å². The van der Waals surface area contributed by atoms with Crippen LogP contribution in [-0.4, -0.2) is 36.2 Å². The van der Waals surface area contributed by atoms with Crippen molar-refractivity contribution in [3.05, 3.63) is 24.3 Å². The lowest BCUT2D eigenvalue weighted by atomic mass is 10.2. The highest BCUT2D eigenvalue weighted by Crippen LogP contribution is 2.36. The molecule has 0 unspecified atom stereocenters. The van der Waals surface area contributed by atoms with Gasteiger partial charge in [0.2, 0.25) is 5.91 Å². The summed E-state index contributed by atoms with van der Waals surface area (Å²) in [6.07, 6.45) is 1.81. The quantitative estimate of drug-likeness (QED) is 0.587.